The van der Waals surface area contributed by atoms with Crippen molar-refractivity contribution in [1.82, 2.24) is 0 Å². The Labute approximate surface area is 143 Å². The highest BCUT2D eigenvalue weighted by Gasteiger charge is 2.53. The number of rotatable bonds is 2. The van der Waals surface area contributed by atoms with Gasteiger partial charge in [0.25, 0.3) is 0 Å². The molecule has 0 aromatic rings. The van der Waals surface area contributed by atoms with Crippen LogP contribution in [0, 0.1) is 17.8 Å². The highest BCUT2D eigenvalue weighted by molar-refractivity contribution is 8.27. The molecule has 1 heterocycles. The molecule has 0 bridgehead atoms. The van der Waals surface area contributed by atoms with E-state index in [1.165, 1.54) is 38.5 Å². The van der Waals surface area contributed by atoms with Crippen LogP contribution in [0.25, 0.3) is 0 Å². The highest BCUT2D eigenvalue weighted by atomic mass is 32.3. The zero-order valence-corrected chi connectivity index (χ0v) is 16.2. The van der Waals surface area contributed by atoms with Crippen molar-refractivity contribution < 1.29 is 2.10 Å². The Morgan fingerprint density at radius 3 is 2.35 bits per heavy atom. The zero-order valence-electron chi connectivity index (χ0n) is 12.8. The molecule has 0 radical (unpaired) electrons. The summed E-state index contributed by atoms with van der Waals surface area (Å²) in [6.07, 6.45) is 8.45. The Morgan fingerprint density at radius 2 is 1.55 bits per heavy atom. The van der Waals surface area contributed by atoms with Crippen LogP contribution in [0.15, 0.2) is 0 Å². The van der Waals surface area contributed by atoms with Crippen molar-refractivity contribution in [1.29, 1.82) is 0 Å². The maximum absolute atomic E-state index is 5.07. The van der Waals surface area contributed by atoms with E-state index in [2.05, 4.69) is 56.6 Å². The lowest BCUT2D eigenvalue weighted by Gasteiger charge is -2.33. The maximum atomic E-state index is 5.07. The van der Waals surface area contributed by atoms with Gasteiger partial charge in [0.1, 0.15) is 35.8 Å². The molecule has 2 aliphatic carbocycles. The molecule has 5 heteroatoms. The van der Waals surface area contributed by atoms with Crippen LogP contribution >= 0.6 is 48.7 Å². The molecule has 1 aliphatic heterocycles. The summed E-state index contributed by atoms with van der Waals surface area (Å²) >= 11 is 11.5. The molecule has 3 fully saturated rings. The van der Waals surface area contributed by atoms with Gasteiger partial charge in [-0.05, 0) is 49.9 Å². The Bertz CT molecular complexity index is 353. The molecule has 0 amide bonds. The van der Waals surface area contributed by atoms with E-state index in [4.69, 9.17) is 12.8 Å². The number of nitrogens with zero attached hydrogens (tertiary/aromatic N) is 1. The fraction of sp³-hybridized carbons (Fsp3) is 1.00. The van der Waals surface area contributed by atoms with Crippen LogP contribution in [-0.2, 0) is 0 Å². The third-order valence-corrected chi connectivity index (χ3v) is 11.1. The van der Waals surface area contributed by atoms with E-state index < -0.39 is 0 Å². The average molecular weight is 351 g/mol. The van der Waals surface area contributed by atoms with Crippen LogP contribution in [0.1, 0.15) is 59.3 Å². The highest BCUT2D eigenvalue weighted by Crippen LogP contribution is 2.63. The standard InChI is InChI=1S/C15H28NS4/c1-10-4-6-12(3)14(8-10)19-16(17)18-13-7-5-11(2)9-15(13)20-16/h10-15,17H,4-9H2,1-3H3/q+1. The van der Waals surface area contributed by atoms with Crippen LogP contribution in [-0.4, -0.2) is 17.9 Å². The smallest absolute Gasteiger partial charge is 0.0816 e. The average Bonchev–Trinajstić information content (AvgIpc) is 2.69. The summed E-state index contributed by atoms with van der Waals surface area (Å²) in [4.78, 5) is 0. The molecular weight excluding hydrogens is 322 g/mol. The van der Waals surface area contributed by atoms with Gasteiger partial charge >= 0.3 is 0 Å². The molecule has 3 aliphatic rings. The van der Waals surface area contributed by atoms with Crippen LogP contribution < -0.4 is 0 Å². The second-order valence-electron chi connectivity index (χ2n) is 7.21. The lowest BCUT2D eigenvalue weighted by molar-refractivity contribution is -0.266. The minimum absolute atomic E-state index is 0.800. The van der Waals surface area contributed by atoms with Gasteiger partial charge in [0.05, 0.1) is 28.6 Å². The van der Waals surface area contributed by atoms with E-state index in [-0.39, 0.29) is 0 Å². The fourth-order valence-corrected chi connectivity index (χ4v) is 10.7. The Hall–Kier alpha value is 1.36. The van der Waals surface area contributed by atoms with Gasteiger partial charge in [-0.2, -0.15) is 0 Å². The molecule has 7 unspecified atom stereocenters. The largest absolute Gasteiger partial charge is 0.117 e. The van der Waals surface area contributed by atoms with Crippen molar-refractivity contribution in [3.8, 4) is 0 Å². The second-order valence-corrected chi connectivity index (χ2v) is 13.4. The summed E-state index contributed by atoms with van der Waals surface area (Å²) in [5, 5.41) is 2.48. The molecule has 0 spiro atoms. The van der Waals surface area contributed by atoms with Crippen molar-refractivity contribution in [2.24, 2.45) is 17.8 Å². The van der Waals surface area contributed by atoms with E-state index >= 15 is 0 Å². The van der Waals surface area contributed by atoms with E-state index in [0.29, 0.717) is 0 Å². The molecule has 116 valence electrons. The van der Waals surface area contributed by atoms with Crippen molar-refractivity contribution in [2.75, 3.05) is 0 Å². The predicted octanol–water partition coefficient (Wildman–Crippen LogP) is 5.99. The molecule has 0 N–H and O–H groups in total. The molecule has 2 saturated carbocycles. The van der Waals surface area contributed by atoms with Gasteiger partial charge in [-0.1, -0.05) is 29.3 Å². The van der Waals surface area contributed by atoms with Gasteiger partial charge in [0, 0.05) is 0 Å². The lowest BCUT2D eigenvalue weighted by atomic mass is 9.84. The Balaban J connectivity index is 1.62. The summed E-state index contributed by atoms with van der Waals surface area (Å²) in [7, 11) is 0. The maximum Gasteiger partial charge on any atom is 0.117 e. The van der Waals surface area contributed by atoms with Gasteiger partial charge in [-0.15, -0.1) is 0 Å². The van der Waals surface area contributed by atoms with Gasteiger partial charge < -0.3 is 0 Å². The van der Waals surface area contributed by atoms with E-state index in [1.807, 2.05) is 0 Å². The summed E-state index contributed by atoms with van der Waals surface area (Å²) < 4.78 is 0.851. The molecule has 7 atom stereocenters. The monoisotopic (exact) mass is 350 g/mol. The van der Waals surface area contributed by atoms with E-state index in [1.54, 1.807) is 0 Å². The van der Waals surface area contributed by atoms with Gasteiger partial charge in [-0.3, -0.25) is 0 Å². The SMILES string of the molecule is CC1CCC(C)C(S[N+]2(S)SC3CCC(C)CC3S2)C1. The number of hydrogen-bond acceptors (Lipinski definition) is 4. The van der Waals surface area contributed by atoms with Crippen LogP contribution in [0.3, 0.4) is 0 Å². The first-order valence-electron chi connectivity index (χ1n) is 8.12. The van der Waals surface area contributed by atoms with Crippen molar-refractivity contribution in [2.45, 2.75) is 75.0 Å². The molecule has 0 aromatic heterocycles. The quantitative estimate of drug-likeness (QED) is 0.369. The fourth-order valence-electron chi connectivity index (χ4n) is 3.75. The van der Waals surface area contributed by atoms with Gasteiger partial charge in [0.15, 0.2) is 0 Å². The van der Waals surface area contributed by atoms with Gasteiger partial charge in [0.2, 0.25) is 0 Å². The summed E-state index contributed by atoms with van der Waals surface area (Å²) in [5.74, 6) is 2.69. The topological polar surface area (TPSA) is 0 Å². The van der Waals surface area contributed by atoms with Crippen molar-refractivity contribution in [3.05, 3.63) is 0 Å². The van der Waals surface area contributed by atoms with Crippen LogP contribution in [0.4, 0.5) is 0 Å². The minimum atomic E-state index is 0.800. The predicted molar refractivity (Wildman–Crippen MR) is 98.6 cm³/mol. The lowest BCUT2D eigenvalue weighted by Crippen LogP contribution is -2.28. The number of fused-ring (bicyclic) bond motifs is 1. The third-order valence-electron chi connectivity index (χ3n) is 5.18. The first kappa shape index (κ1) is 16.2. The summed E-state index contributed by atoms with van der Waals surface area (Å²) in [6, 6.07) is 0. The number of hydrogen-bond donors (Lipinski definition) is 1. The van der Waals surface area contributed by atoms with Crippen molar-refractivity contribution >= 4 is 48.7 Å². The second kappa shape index (κ2) is 6.46. The Morgan fingerprint density at radius 1 is 0.900 bits per heavy atom. The molecule has 3 rings (SSSR count). The zero-order chi connectivity index (χ0) is 14.3. The van der Waals surface area contributed by atoms with Gasteiger partial charge in [-0.25, -0.2) is 0 Å². The Kier molecular flexibility index (Phi) is 5.24. The molecule has 20 heavy (non-hydrogen) atoms. The number of quaternary nitrogens is 1. The molecule has 0 aromatic carbocycles. The normalized spacial score (nSPS) is 52.8. The van der Waals surface area contributed by atoms with Crippen LogP contribution in [0.5, 0.6) is 0 Å². The first-order valence-corrected chi connectivity index (χ1v) is 11.0. The van der Waals surface area contributed by atoms with Crippen molar-refractivity contribution in [3.63, 3.8) is 0 Å². The molecule has 1 saturated heterocycles. The molecular formula is C15H28NS4+. The third kappa shape index (κ3) is 3.64. The number of thiol groups is 1. The summed E-state index contributed by atoms with van der Waals surface area (Å²) in [6.45, 7) is 7.29. The first-order chi connectivity index (χ1) is 9.45. The van der Waals surface area contributed by atoms with E-state index in [0.717, 1.165) is 35.6 Å². The minimum Gasteiger partial charge on any atom is -0.0816 e. The summed E-state index contributed by atoms with van der Waals surface area (Å²) in [5.41, 5.74) is 0. The van der Waals surface area contributed by atoms with Crippen LogP contribution in [0.2, 0.25) is 0 Å². The molecule has 1 nitrogen and oxygen atoms in total. The van der Waals surface area contributed by atoms with E-state index in [9.17, 15) is 0 Å².